The summed E-state index contributed by atoms with van der Waals surface area (Å²) >= 11 is 1.73. The van der Waals surface area contributed by atoms with E-state index in [1.54, 1.807) is 11.3 Å². The van der Waals surface area contributed by atoms with Crippen LogP contribution in [0.2, 0.25) is 0 Å². The fourth-order valence-corrected chi connectivity index (χ4v) is 3.03. The summed E-state index contributed by atoms with van der Waals surface area (Å²) in [5, 5.41) is 2.98. The molecule has 0 saturated heterocycles. The summed E-state index contributed by atoms with van der Waals surface area (Å²) in [6.07, 6.45) is 3.00. The van der Waals surface area contributed by atoms with Crippen molar-refractivity contribution in [2.45, 2.75) is 38.8 Å². The molecule has 0 aliphatic heterocycles. The van der Waals surface area contributed by atoms with Gasteiger partial charge >= 0.3 is 0 Å². The van der Waals surface area contributed by atoms with E-state index in [2.05, 4.69) is 24.4 Å². The maximum Gasteiger partial charge on any atom is 0.224 e. The van der Waals surface area contributed by atoms with Gasteiger partial charge in [0.25, 0.3) is 0 Å². The van der Waals surface area contributed by atoms with Crippen LogP contribution in [0.3, 0.4) is 0 Å². The van der Waals surface area contributed by atoms with Gasteiger partial charge in [-0.15, -0.1) is 23.7 Å². The molecular weight excluding hydrogens is 256 g/mol. The van der Waals surface area contributed by atoms with Crippen LogP contribution in [-0.4, -0.2) is 11.9 Å². The van der Waals surface area contributed by atoms with E-state index in [9.17, 15) is 4.79 Å². The number of amides is 1. The first kappa shape index (κ1) is 14.5. The topological polar surface area (TPSA) is 55.1 Å². The van der Waals surface area contributed by atoms with Gasteiger partial charge < -0.3 is 11.1 Å². The summed E-state index contributed by atoms with van der Waals surface area (Å²) in [4.78, 5) is 14.3. The van der Waals surface area contributed by atoms with Crippen molar-refractivity contribution in [2.24, 2.45) is 11.7 Å². The highest BCUT2D eigenvalue weighted by atomic mass is 35.5. The Balaban J connectivity index is 0.00000144. The molecule has 3 nitrogen and oxygen atoms in total. The summed E-state index contributed by atoms with van der Waals surface area (Å²) in [7, 11) is 0. The Hall–Kier alpha value is -0.580. The number of hydrogen-bond acceptors (Lipinski definition) is 3. The minimum atomic E-state index is 0. The van der Waals surface area contributed by atoms with Gasteiger partial charge in [-0.25, -0.2) is 0 Å². The second-order valence-electron chi connectivity index (χ2n) is 4.43. The van der Waals surface area contributed by atoms with Crippen molar-refractivity contribution < 1.29 is 4.79 Å². The van der Waals surface area contributed by atoms with Gasteiger partial charge in [0.2, 0.25) is 5.91 Å². The second-order valence-corrected chi connectivity index (χ2v) is 5.80. The zero-order valence-corrected chi connectivity index (χ0v) is 11.6. The van der Waals surface area contributed by atoms with Crippen LogP contribution in [0.15, 0.2) is 12.1 Å². The molecule has 1 saturated carbocycles. The lowest BCUT2D eigenvalue weighted by molar-refractivity contribution is -0.125. The number of carbonyl (C=O) groups is 1. The average molecular weight is 275 g/mol. The van der Waals surface area contributed by atoms with Crippen molar-refractivity contribution in [3.63, 3.8) is 0 Å². The monoisotopic (exact) mass is 274 g/mol. The molecule has 1 aromatic rings. The largest absolute Gasteiger partial charge is 0.351 e. The normalized spacial score (nSPS) is 23.2. The highest BCUT2D eigenvalue weighted by Gasteiger charge is 2.29. The van der Waals surface area contributed by atoms with Gasteiger partial charge in [0, 0.05) is 15.8 Å². The molecule has 1 aliphatic rings. The first-order chi connectivity index (χ1) is 7.66. The molecule has 0 aromatic carbocycles. The maximum absolute atomic E-state index is 11.8. The molecule has 17 heavy (non-hydrogen) atoms. The van der Waals surface area contributed by atoms with Gasteiger partial charge in [-0.1, -0.05) is 6.42 Å². The molecule has 2 rings (SSSR count). The number of halogens is 1. The highest BCUT2D eigenvalue weighted by Crippen LogP contribution is 2.24. The Morgan fingerprint density at radius 3 is 2.82 bits per heavy atom. The lowest BCUT2D eigenvalue weighted by atomic mass is 10.0. The first-order valence-corrected chi connectivity index (χ1v) is 6.57. The minimum absolute atomic E-state index is 0. The van der Waals surface area contributed by atoms with E-state index in [0.29, 0.717) is 6.54 Å². The number of rotatable bonds is 3. The first-order valence-electron chi connectivity index (χ1n) is 5.75. The Bertz CT molecular complexity index is 380. The van der Waals surface area contributed by atoms with Crippen molar-refractivity contribution in [3.8, 4) is 0 Å². The number of carbonyl (C=O) groups excluding carboxylic acids is 1. The van der Waals surface area contributed by atoms with E-state index in [1.807, 2.05) is 0 Å². The molecule has 96 valence electrons. The van der Waals surface area contributed by atoms with Crippen LogP contribution in [0.4, 0.5) is 0 Å². The molecule has 0 radical (unpaired) electrons. The Morgan fingerprint density at radius 2 is 2.29 bits per heavy atom. The van der Waals surface area contributed by atoms with E-state index >= 15 is 0 Å². The fourth-order valence-electron chi connectivity index (χ4n) is 2.20. The average Bonchev–Trinajstić information content (AvgIpc) is 2.84. The zero-order valence-electron chi connectivity index (χ0n) is 9.94. The predicted octanol–water partition coefficient (Wildman–Crippen LogP) is 2.22. The summed E-state index contributed by atoms with van der Waals surface area (Å²) in [5.74, 6) is 0.150. The molecule has 3 N–H and O–H groups in total. The summed E-state index contributed by atoms with van der Waals surface area (Å²) in [5.41, 5.74) is 5.89. The number of thiophene rings is 1. The molecule has 1 aliphatic carbocycles. The van der Waals surface area contributed by atoms with Gasteiger partial charge in [0.15, 0.2) is 0 Å². The van der Waals surface area contributed by atoms with E-state index in [-0.39, 0.29) is 30.3 Å². The van der Waals surface area contributed by atoms with Crippen LogP contribution >= 0.6 is 23.7 Å². The second kappa shape index (κ2) is 6.38. The van der Waals surface area contributed by atoms with E-state index in [0.717, 1.165) is 19.3 Å². The molecule has 2 atom stereocenters. The summed E-state index contributed by atoms with van der Waals surface area (Å²) in [6, 6.07) is 4.20. The molecule has 1 heterocycles. The Labute approximate surface area is 112 Å². The smallest absolute Gasteiger partial charge is 0.224 e. The quantitative estimate of drug-likeness (QED) is 0.888. The zero-order chi connectivity index (χ0) is 11.5. The van der Waals surface area contributed by atoms with Gasteiger partial charge in [-0.3, -0.25) is 4.79 Å². The molecular formula is C12H19ClN2OS. The van der Waals surface area contributed by atoms with Crippen molar-refractivity contribution in [1.82, 2.24) is 5.32 Å². The van der Waals surface area contributed by atoms with Gasteiger partial charge in [-0.2, -0.15) is 0 Å². The van der Waals surface area contributed by atoms with Crippen molar-refractivity contribution in [1.29, 1.82) is 0 Å². The molecule has 1 fully saturated rings. The molecule has 1 aromatic heterocycles. The van der Waals surface area contributed by atoms with Crippen molar-refractivity contribution in [2.75, 3.05) is 0 Å². The lowest BCUT2D eigenvalue weighted by Gasteiger charge is -2.14. The third kappa shape index (κ3) is 3.69. The molecule has 0 spiro atoms. The van der Waals surface area contributed by atoms with Crippen molar-refractivity contribution in [3.05, 3.63) is 21.9 Å². The van der Waals surface area contributed by atoms with Crippen molar-refractivity contribution >= 4 is 29.7 Å². The number of nitrogens with one attached hydrogen (secondary N) is 1. The lowest BCUT2D eigenvalue weighted by Crippen LogP contribution is -2.38. The molecule has 1 amide bonds. The van der Waals surface area contributed by atoms with Crippen LogP contribution in [-0.2, 0) is 11.3 Å². The van der Waals surface area contributed by atoms with Gasteiger partial charge in [-0.05, 0) is 31.9 Å². The fraction of sp³-hybridized carbons (Fsp3) is 0.583. The minimum Gasteiger partial charge on any atom is -0.351 e. The van der Waals surface area contributed by atoms with Crippen LogP contribution in [0, 0.1) is 12.8 Å². The molecule has 0 bridgehead atoms. The highest BCUT2D eigenvalue weighted by molar-refractivity contribution is 7.11. The van der Waals surface area contributed by atoms with Crippen LogP contribution in [0.1, 0.15) is 29.0 Å². The van der Waals surface area contributed by atoms with E-state index in [4.69, 9.17) is 5.73 Å². The van der Waals surface area contributed by atoms with E-state index in [1.165, 1.54) is 9.75 Å². The number of hydrogen-bond donors (Lipinski definition) is 2. The third-order valence-corrected chi connectivity index (χ3v) is 4.14. The Kier molecular flexibility index (Phi) is 5.43. The van der Waals surface area contributed by atoms with Gasteiger partial charge in [0.05, 0.1) is 12.5 Å². The SMILES string of the molecule is Cc1ccc(CNC(=O)C2CCCC2N)s1.Cl. The van der Waals surface area contributed by atoms with Gasteiger partial charge in [0.1, 0.15) is 0 Å². The predicted molar refractivity (Wildman–Crippen MR) is 73.5 cm³/mol. The van der Waals surface area contributed by atoms with Crippen LogP contribution in [0.5, 0.6) is 0 Å². The number of aryl methyl sites for hydroxylation is 1. The van der Waals surface area contributed by atoms with Crippen LogP contribution < -0.4 is 11.1 Å². The van der Waals surface area contributed by atoms with E-state index < -0.39 is 0 Å². The summed E-state index contributed by atoms with van der Waals surface area (Å²) in [6.45, 7) is 2.71. The maximum atomic E-state index is 11.8. The summed E-state index contributed by atoms with van der Waals surface area (Å²) < 4.78 is 0. The number of nitrogens with two attached hydrogens (primary N) is 1. The standard InChI is InChI=1S/C12H18N2OS.ClH/c1-8-5-6-9(16-8)7-14-12(15)10-3-2-4-11(10)13;/h5-6,10-11H,2-4,7,13H2,1H3,(H,14,15);1H. The third-order valence-electron chi connectivity index (χ3n) is 3.14. The Morgan fingerprint density at radius 1 is 1.53 bits per heavy atom. The molecule has 2 unspecified atom stereocenters. The van der Waals surface area contributed by atoms with Crippen LogP contribution in [0.25, 0.3) is 0 Å². The molecule has 5 heteroatoms.